The van der Waals surface area contributed by atoms with Crippen LogP contribution in [0.25, 0.3) is 0 Å². The predicted molar refractivity (Wildman–Crippen MR) is 61.0 cm³/mol. The van der Waals surface area contributed by atoms with E-state index in [-0.39, 0.29) is 31.6 Å². The van der Waals surface area contributed by atoms with Crippen LogP contribution in [0.4, 0.5) is 4.79 Å². The second kappa shape index (κ2) is 6.20. The topological polar surface area (TPSA) is 108 Å². The smallest absolute Gasteiger partial charge is 0.328 e. The fraction of sp³-hybridized carbons (Fsp3) is 0.700. The first-order chi connectivity index (χ1) is 8.45. The second-order valence-electron chi connectivity index (χ2n) is 4.02. The largest absolute Gasteiger partial charge is 0.480 e. The van der Waals surface area contributed by atoms with Gasteiger partial charge in [-0.1, -0.05) is 0 Å². The van der Waals surface area contributed by atoms with Gasteiger partial charge >= 0.3 is 12.0 Å². The van der Waals surface area contributed by atoms with Gasteiger partial charge in [-0.25, -0.2) is 9.59 Å². The maximum Gasteiger partial charge on any atom is 0.328 e. The van der Waals surface area contributed by atoms with Crippen molar-refractivity contribution in [2.45, 2.75) is 19.1 Å². The molecule has 2 atom stereocenters. The van der Waals surface area contributed by atoms with Crippen LogP contribution in [0.3, 0.4) is 0 Å². The summed E-state index contributed by atoms with van der Waals surface area (Å²) in [5.74, 6) is -1.52. The van der Waals surface area contributed by atoms with E-state index in [0.29, 0.717) is 0 Å². The Morgan fingerprint density at radius 3 is 2.89 bits per heavy atom. The minimum atomic E-state index is -1.15. The Kier molecular flexibility index (Phi) is 4.90. The molecule has 0 saturated carbocycles. The third-order valence-corrected chi connectivity index (χ3v) is 2.67. The fourth-order valence-corrected chi connectivity index (χ4v) is 1.49. The maximum atomic E-state index is 11.8. The van der Waals surface area contributed by atoms with Crippen LogP contribution in [0.2, 0.25) is 0 Å². The summed E-state index contributed by atoms with van der Waals surface area (Å²) in [7, 11) is 1.51. The van der Waals surface area contributed by atoms with Gasteiger partial charge in [-0.15, -0.1) is 0 Å². The second-order valence-corrected chi connectivity index (χ2v) is 4.02. The maximum absolute atomic E-state index is 11.8. The number of carbonyl (C=O) groups is 3. The molecule has 1 rings (SSSR count). The lowest BCUT2D eigenvalue weighted by molar-refractivity contribution is -0.144. The molecule has 0 aromatic heterocycles. The van der Waals surface area contributed by atoms with Crippen molar-refractivity contribution in [3.8, 4) is 0 Å². The summed E-state index contributed by atoms with van der Waals surface area (Å²) in [5, 5.41) is 13.9. The summed E-state index contributed by atoms with van der Waals surface area (Å²) in [4.78, 5) is 35.0. The molecule has 1 fully saturated rings. The highest BCUT2D eigenvalue weighted by molar-refractivity contribution is 5.90. The Bertz CT molecular complexity index is 346. The van der Waals surface area contributed by atoms with Gasteiger partial charge in [-0.3, -0.25) is 9.69 Å². The van der Waals surface area contributed by atoms with E-state index in [0.717, 1.165) is 4.90 Å². The Balaban J connectivity index is 2.61. The first-order valence-corrected chi connectivity index (χ1v) is 5.52. The van der Waals surface area contributed by atoms with Gasteiger partial charge in [-0.05, 0) is 6.92 Å². The van der Waals surface area contributed by atoms with Crippen molar-refractivity contribution in [1.82, 2.24) is 15.5 Å². The van der Waals surface area contributed by atoms with Gasteiger partial charge < -0.3 is 20.5 Å². The summed E-state index contributed by atoms with van der Waals surface area (Å²) in [6, 6.07) is -1.62. The summed E-state index contributed by atoms with van der Waals surface area (Å²) in [6.07, 6.45) is -0.184. The van der Waals surface area contributed by atoms with E-state index >= 15 is 0 Å². The number of nitrogens with zero attached hydrogens (tertiary/aromatic N) is 1. The van der Waals surface area contributed by atoms with Crippen LogP contribution in [0.1, 0.15) is 6.92 Å². The van der Waals surface area contributed by atoms with Crippen molar-refractivity contribution in [1.29, 1.82) is 0 Å². The van der Waals surface area contributed by atoms with Crippen molar-refractivity contribution in [2.75, 3.05) is 26.7 Å². The predicted octanol–water partition coefficient (Wildman–Crippen LogP) is -1.38. The molecule has 8 heteroatoms. The summed E-state index contributed by atoms with van der Waals surface area (Å²) >= 11 is 0. The molecule has 0 aliphatic carbocycles. The number of aliphatic carboxylic acids is 1. The quantitative estimate of drug-likeness (QED) is 0.576. The van der Waals surface area contributed by atoms with E-state index in [1.165, 1.54) is 7.11 Å². The number of carboxylic acid groups (broad SMARTS) is 1. The average Bonchev–Trinajstić information content (AvgIpc) is 2.34. The molecule has 1 heterocycles. The molecule has 102 valence electrons. The van der Waals surface area contributed by atoms with Crippen molar-refractivity contribution in [3.63, 3.8) is 0 Å². The SMILES string of the molecule is COC(C)CNC(=O)N1CC(=O)NCC1C(=O)O. The Morgan fingerprint density at radius 1 is 1.67 bits per heavy atom. The molecule has 2 unspecified atom stereocenters. The fourth-order valence-electron chi connectivity index (χ4n) is 1.49. The van der Waals surface area contributed by atoms with Crippen LogP contribution >= 0.6 is 0 Å². The van der Waals surface area contributed by atoms with Gasteiger partial charge in [0.25, 0.3) is 0 Å². The van der Waals surface area contributed by atoms with Crippen molar-refractivity contribution in [2.24, 2.45) is 0 Å². The zero-order valence-electron chi connectivity index (χ0n) is 10.3. The van der Waals surface area contributed by atoms with Gasteiger partial charge in [0.15, 0.2) is 0 Å². The molecule has 8 nitrogen and oxygen atoms in total. The van der Waals surface area contributed by atoms with Gasteiger partial charge in [0, 0.05) is 20.2 Å². The average molecular weight is 259 g/mol. The van der Waals surface area contributed by atoms with E-state index < -0.39 is 18.0 Å². The zero-order valence-corrected chi connectivity index (χ0v) is 10.3. The standard InChI is InChI=1S/C10H17N3O5/c1-6(18-2)3-12-10(17)13-5-8(14)11-4-7(13)9(15)16/h6-7H,3-5H2,1-2H3,(H,11,14)(H,12,17)(H,15,16). The highest BCUT2D eigenvalue weighted by Crippen LogP contribution is 2.05. The minimum absolute atomic E-state index is 0.0819. The van der Waals surface area contributed by atoms with Gasteiger partial charge in [0.2, 0.25) is 5.91 Å². The molecule has 1 aliphatic rings. The van der Waals surface area contributed by atoms with Gasteiger partial charge in [0.05, 0.1) is 6.10 Å². The highest BCUT2D eigenvalue weighted by Gasteiger charge is 2.35. The normalized spacial score (nSPS) is 21.1. The van der Waals surface area contributed by atoms with Crippen molar-refractivity contribution >= 4 is 17.9 Å². The van der Waals surface area contributed by atoms with E-state index in [4.69, 9.17) is 9.84 Å². The molecule has 1 saturated heterocycles. The first kappa shape index (κ1) is 14.2. The Morgan fingerprint density at radius 2 is 2.33 bits per heavy atom. The molecule has 18 heavy (non-hydrogen) atoms. The molecule has 3 N–H and O–H groups in total. The molecule has 0 spiro atoms. The third kappa shape index (κ3) is 3.59. The number of ether oxygens (including phenoxy) is 1. The van der Waals surface area contributed by atoms with Crippen LogP contribution in [-0.4, -0.2) is 66.8 Å². The molecular formula is C10H17N3O5. The number of carboxylic acids is 1. The number of rotatable bonds is 4. The molecular weight excluding hydrogens is 242 g/mol. The molecule has 0 radical (unpaired) electrons. The van der Waals surface area contributed by atoms with Crippen molar-refractivity contribution in [3.05, 3.63) is 0 Å². The Hall–Kier alpha value is -1.83. The van der Waals surface area contributed by atoms with E-state index in [9.17, 15) is 14.4 Å². The number of hydrogen-bond acceptors (Lipinski definition) is 4. The molecule has 0 aromatic rings. The minimum Gasteiger partial charge on any atom is -0.480 e. The monoisotopic (exact) mass is 259 g/mol. The summed E-state index contributed by atoms with van der Waals surface area (Å²) in [6.45, 7) is 1.67. The number of hydrogen-bond donors (Lipinski definition) is 3. The van der Waals surface area contributed by atoms with Crippen molar-refractivity contribution < 1.29 is 24.2 Å². The highest BCUT2D eigenvalue weighted by atomic mass is 16.5. The molecule has 1 aliphatic heterocycles. The number of nitrogens with one attached hydrogen (secondary N) is 2. The molecule has 0 aromatic carbocycles. The number of amides is 3. The van der Waals surface area contributed by atoms with Crippen LogP contribution in [0, 0.1) is 0 Å². The van der Waals surface area contributed by atoms with E-state index in [1.807, 2.05) is 0 Å². The lowest BCUT2D eigenvalue weighted by Gasteiger charge is -2.32. The molecule has 3 amide bonds. The lowest BCUT2D eigenvalue weighted by Crippen LogP contribution is -2.61. The number of urea groups is 1. The molecule has 0 bridgehead atoms. The van der Waals surface area contributed by atoms with Crippen LogP contribution in [0.15, 0.2) is 0 Å². The van der Waals surface area contributed by atoms with Crippen LogP contribution in [0.5, 0.6) is 0 Å². The lowest BCUT2D eigenvalue weighted by atomic mass is 10.2. The van der Waals surface area contributed by atoms with Crippen LogP contribution in [-0.2, 0) is 14.3 Å². The van der Waals surface area contributed by atoms with Gasteiger partial charge in [0.1, 0.15) is 12.6 Å². The van der Waals surface area contributed by atoms with Crippen LogP contribution < -0.4 is 10.6 Å². The number of piperazine rings is 1. The number of carbonyl (C=O) groups excluding carboxylic acids is 2. The first-order valence-electron chi connectivity index (χ1n) is 5.52. The van der Waals surface area contributed by atoms with E-state index in [1.54, 1.807) is 6.92 Å². The third-order valence-electron chi connectivity index (χ3n) is 2.67. The van der Waals surface area contributed by atoms with E-state index in [2.05, 4.69) is 10.6 Å². The number of methoxy groups -OCH3 is 1. The summed E-state index contributed by atoms with van der Waals surface area (Å²) in [5.41, 5.74) is 0. The summed E-state index contributed by atoms with van der Waals surface area (Å²) < 4.78 is 4.95. The van der Waals surface area contributed by atoms with Gasteiger partial charge in [-0.2, -0.15) is 0 Å². The zero-order chi connectivity index (χ0) is 13.7. The Labute approximate surface area is 104 Å².